The van der Waals surface area contributed by atoms with Crippen molar-refractivity contribution in [2.75, 3.05) is 32.1 Å². The predicted molar refractivity (Wildman–Crippen MR) is 103 cm³/mol. The van der Waals surface area contributed by atoms with Crippen molar-refractivity contribution in [3.63, 3.8) is 0 Å². The van der Waals surface area contributed by atoms with Crippen LogP contribution < -0.4 is 4.90 Å². The first-order chi connectivity index (χ1) is 11.9. The molecule has 1 amide bonds. The Kier molecular flexibility index (Phi) is 5.52. The maximum absolute atomic E-state index is 12.6. The molecule has 0 unspecified atom stereocenters. The average Bonchev–Trinajstić information content (AvgIpc) is 2.98. The van der Waals surface area contributed by atoms with Crippen molar-refractivity contribution in [2.24, 2.45) is 0 Å². The van der Waals surface area contributed by atoms with E-state index < -0.39 is 0 Å². The third kappa shape index (κ3) is 4.27. The van der Waals surface area contributed by atoms with Gasteiger partial charge in [0.05, 0.1) is 5.69 Å². The van der Waals surface area contributed by atoms with Gasteiger partial charge in [-0.25, -0.2) is 4.79 Å². The summed E-state index contributed by atoms with van der Waals surface area (Å²) in [6.45, 7) is 1.71. The van der Waals surface area contributed by atoms with Crippen molar-refractivity contribution < 1.29 is 9.53 Å². The van der Waals surface area contributed by atoms with Crippen molar-refractivity contribution in [3.8, 4) is 11.1 Å². The summed E-state index contributed by atoms with van der Waals surface area (Å²) < 4.78 is 5.63. The van der Waals surface area contributed by atoms with Crippen LogP contribution in [0.15, 0.2) is 42.5 Å². The number of hydrogen-bond donors (Lipinski definition) is 0. The normalized spacial score (nSPS) is 17.5. The van der Waals surface area contributed by atoms with Gasteiger partial charge in [0.2, 0.25) is 0 Å². The molecule has 0 spiro atoms. The monoisotopic (exact) mass is 378 g/mol. The summed E-state index contributed by atoms with van der Waals surface area (Å²) in [6.07, 6.45) is 0.440. The number of benzene rings is 2. The topological polar surface area (TPSA) is 32.8 Å². The molecule has 1 aliphatic rings. The van der Waals surface area contributed by atoms with Gasteiger partial charge in [-0.1, -0.05) is 41.4 Å². The number of carbonyl (C=O) groups excluding carboxylic acids is 1. The number of nitrogens with zero attached hydrogens (tertiary/aromatic N) is 2. The van der Waals surface area contributed by atoms with Crippen LogP contribution in [0.2, 0.25) is 10.0 Å². The molecule has 0 bridgehead atoms. The van der Waals surface area contributed by atoms with E-state index in [1.54, 1.807) is 13.1 Å². The molecule has 3 rings (SSSR count). The standard InChI is InChI=1S/C19H20Cl2N2O2/c1-22-8-7-16(12-22)25-19(24)23(2)18-6-4-3-5-17(18)13-9-14(20)11-15(21)10-13/h3-6,9-11,16H,7-8,12H2,1-2H3/t16-/m0/s1. The van der Waals surface area contributed by atoms with Crippen LogP contribution in [0.5, 0.6) is 0 Å². The number of carbonyl (C=O) groups is 1. The third-order valence-electron chi connectivity index (χ3n) is 4.33. The van der Waals surface area contributed by atoms with E-state index >= 15 is 0 Å². The molecular formula is C19H20Cl2N2O2. The Bertz CT molecular complexity index is 762. The predicted octanol–water partition coefficient (Wildman–Crippen LogP) is 4.94. The molecule has 0 saturated carbocycles. The van der Waals surface area contributed by atoms with Crippen molar-refractivity contribution >= 4 is 35.0 Å². The molecule has 1 aliphatic heterocycles. The second kappa shape index (κ2) is 7.65. The Balaban J connectivity index is 1.85. The van der Waals surface area contributed by atoms with Crippen LogP contribution in [-0.4, -0.2) is 44.3 Å². The van der Waals surface area contributed by atoms with Gasteiger partial charge in [0.15, 0.2) is 0 Å². The van der Waals surface area contributed by atoms with Crippen LogP contribution >= 0.6 is 23.2 Å². The molecular weight excluding hydrogens is 359 g/mol. The molecule has 6 heteroatoms. The highest BCUT2D eigenvalue weighted by molar-refractivity contribution is 6.35. The van der Waals surface area contributed by atoms with Crippen LogP contribution in [0.25, 0.3) is 11.1 Å². The highest BCUT2D eigenvalue weighted by Crippen LogP contribution is 2.34. The Morgan fingerprint density at radius 2 is 1.88 bits per heavy atom. The van der Waals surface area contributed by atoms with Gasteiger partial charge in [-0.2, -0.15) is 0 Å². The fourth-order valence-corrected chi connectivity index (χ4v) is 3.56. The lowest BCUT2D eigenvalue weighted by Gasteiger charge is -2.22. The van der Waals surface area contributed by atoms with E-state index in [-0.39, 0.29) is 12.2 Å². The highest BCUT2D eigenvalue weighted by Gasteiger charge is 2.25. The molecule has 0 aromatic heterocycles. The Morgan fingerprint density at radius 3 is 2.52 bits per heavy atom. The minimum absolute atomic E-state index is 0.0623. The van der Waals surface area contributed by atoms with E-state index in [0.29, 0.717) is 10.0 Å². The highest BCUT2D eigenvalue weighted by atomic mass is 35.5. The van der Waals surface area contributed by atoms with Gasteiger partial charge in [0.25, 0.3) is 0 Å². The van der Waals surface area contributed by atoms with E-state index in [2.05, 4.69) is 4.90 Å². The molecule has 1 heterocycles. The van der Waals surface area contributed by atoms with Crippen LogP contribution in [0.1, 0.15) is 6.42 Å². The number of ether oxygens (including phenoxy) is 1. The van der Waals surface area contributed by atoms with E-state index in [9.17, 15) is 4.79 Å². The van der Waals surface area contributed by atoms with Gasteiger partial charge < -0.3 is 9.64 Å². The zero-order valence-electron chi connectivity index (χ0n) is 14.2. The summed E-state index contributed by atoms with van der Waals surface area (Å²) >= 11 is 12.3. The zero-order chi connectivity index (χ0) is 18.0. The number of hydrogen-bond acceptors (Lipinski definition) is 3. The molecule has 1 atom stereocenters. The lowest BCUT2D eigenvalue weighted by Crippen LogP contribution is -2.32. The minimum atomic E-state index is -0.360. The summed E-state index contributed by atoms with van der Waals surface area (Å²) in [5, 5.41) is 1.10. The maximum Gasteiger partial charge on any atom is 0.414 e. The first-order valence-electron chi connectivity index (χ1n) is 8.12. The Morgan fingerprint density at radius 1 is 1.20 bits per heavy atom. The van der Waals surface area contributed by atoms with Gasteiger partial charge in [0, 0.05) is 35.7 Å². The lowest BCUT2D eigenvalue weighted by atomic mass is 10.0. The SMILES string of the molecule is CN1CC[C@H](OC(=O)N(C)c2ccccc2-c2cc(Cl)cc(Cl)c2)C1. The largest absolute Gasteiger partial charge is 0.444 e. The molecule has 4 nitrogen and oxygen atoms in total. The molecule has 132 valence electrons. The fourth-order valence-electron chi connectivity index (χ4n) is 3.03. The van der Waals surface area contributed by atoms with Crippen LogP contribution in [0, 0.1) is 0 Å². The molecule has 1 saturated heterocycles. The van der Waals surface area contributed by atoms with Gasteiger partial charge >= 0.3 is 6.09 Å². The van der Waals surface area contributed by atoms with Crippen LogP contribution in [-0.2, 0) is 4.74 Å². The lowest BCUT2D eigenvalue weighted by molar-refractivity contribution is 0.110. The van der Waals surface area contributed by atoms with Crippen LogP contribution in [0.3, 0.4) is 0 Å². The molecule has 0 N–H and O–H groups in total. The van der Waals surface area contributed by atoms with E-state index in [1.807, 2.05) is 43.4 Å². The molecule has 0 aliphatic carbocycles. The van der Waals surface area contributed by atoms with Crippen LogP contribution in [0.4, 0.5) is 10.5 Å². The number of rotatable bonds is 3. The quantitative estimate of drug-likeness (QED) is 0.758. The minimum Gasteiger partial charge on any atom is -0.444 e. The van der Waals surface area contributed by atoms with Crippen molar-refractivity contribution in [1.82, 2.24) is 4.90 Å². The molecule has 25 heavy (non-hydrogen) atoms. The van der Waals surface area contributed by atoms with Gasteiger partial charge in [-0.15, -0.1) is 0 Å². The average molecular weight is 379 g/mol. The summed E-state index contributed by atoms with van der Waals surface area (Å²) in [4.78, 5) is 16.2. The number of halogens is 2. The molecule has 2 aromatic carbocycles. The van der Waals surface area contributed by atoms with Gasteiger partial charge in [0.1, 0.15) is 6.10 Å². The third-order valence-corrected chi connectivity index (χ3v) is 4.76. The van der Waals surface area contributed by atoms with Gasteiger partial charge in [-0.3, -0.25) is 4.90 Å². The molecule has 2 aromatic rings. The Labute approximate surface area is 157 Å². The zero-order valence-corrected chi connectivity index (χ0v) is 15.7. The summed E-state index contributed by atoms with van der Waals surface area (Å²) in [5.74, 6) is 0. The van der Waals surface area contributed by atoms with E-state index in [0.717, 1.165) is 36.3 Å². The number of likely N-dealkylation sites (N-methyl/N-ethyl adjacent to an activating group) is 1. The van der Waals surface area contributed by atoms with Gasteiger partial charge in [-0.05, 0) is 43.3 Å². The Hall–Kier alpha value is -1.75. The van der Waals surface area contributed by atoms with Crippen molar-refractivity contribution in [3.05, 3.63) is 52.5 Å². The smallest absolute Gasteiger partial charge is 0.414 e. The first-order valence-corrected chi connectivity index (χ1v) is 8.88. The summed E-state index contributed by atoms with van der Waals surface area (Å²) in [6, 6.07) is 13.0. The van der Waals surface area contributed by atoms with E-state index in [1.165, 1.54) is 4.90 Å². The summed E-state index contributed by atoms with van der Waals surface area (Å²) in [7, 11) is 3.74. The first kappa shape index (κ1) is 18.1. The van der Waals surface area contributed by atoms with Crippen molar-refractivity contribution in [1.29, 1.82) is 0 Å². The number of amides is 1. The molecule has 1 fully saturated rings. The number of para-hydroxylation sites is 1. The second-order valence-electron chi connectivity index (χ2n) is 6.29. The van der Waals surface area contributed by atoms with Crippen molar-refractivity contribution in [2.45, 2.75) is 12.5 Å². The number of likely N-dealkylation sites (tertiary alicyclic amines) is 1. The summed E-state index contributed by atoms with van der Waals surface area (Å²) in [5.41, 5.74) is 2.47. The number of anilines is 1. The maximum atomic E-state index is 12.6. The molecule has 0 radical (unpaired) electrons. The van der Waals surface area contributed by atoms with E-state index in [4.69, 9.17) is 27.9 Å². The fraction of sp³-hybridized carbons (Fsp3) is 0.316. The second-order valence-corrected chi connectivity index (χ2v) is 7.16.